The highest BCUT2D eigenvalue weighted by atomic mass is 16.5. The highest BCUT2D eigenvalue weighted by Crippen LogP contribution is 2.18. The Balaban J connectivity index is 2.59. The van der Waals surface area contributed by atoms with E-state index < -0.39 is 12.0 Å². The highest BCUT2D eigenvalue weighted by molar-refractivity contribution is 5.78. The summed E-state index contributed by atoms with van der Waals surface area (Å²) in [6.07, 6.45) is 1.66. The van der Waals surface area contributed by atoms with Crippen LogP contribution in [-0.4, -0.2) is 17.6 Å². The average molecular weight is 257 g/mol. The molecular weight excluding hydrogens is 242 g/mol. The summed E-state index contributed by atoms with van der Waals surface area (Å²) in [6.45, 7) is 1.87. The van der Waals surface area contributed by atoms with Gasteiger partial charge in [-0.2, -0.15) is 0 Å². The number of esters is 1. The summed E-state index contributed by atoms with van der Waals surface area (Å²) in [5.74, 6) is -0.459. The topological polar surface area (TPSA) is 48.3 Å². The molecule has 2 rings (SSSR count). The SMILES string of the molecule is COC(=O)C(c1ccccc1)n1cc(C)ccc1=O. The number of rotatable bonds is 3. The van der Waals surface area contributed by atoms with E-state index in [-0.39, 0.29) is 5.56 Å². The summed E-state index contributed by atoms with van der Waals surface area (Å²) in [4.78, 5) is 24.0. The standard InChI is InChI=1S/C15H15NO3/c1-11-8-9-13(17)16(10-11)14(15(18)19-2)12-6-4-3-5-7-12/h3-10,14H,1-2H3. The lowest BCUT2D eigenvalue weighted by Gasteiger charge is -2.18. The molecule has 1 heterocycles. The number of carbonyl (C=O) groups is 1. The van der Waals surface area contributed by atoms with Crippen LogP contribution in [0.4, 0.5) is 0 Å². The molecule has 0 radical (unpaired) electrons. The van der Waals surface area contributed by atoms with E-state index in [2.05, 4.69) is 0 Å². The number of aromatic nitrogens is 1. The summed E-state index contributed by atoms with van der Waals surface area (Å²) in [7, 11) is 1.32. The normalized spacial score (nSPS) is 11.9. The Morgan fingerprint density at radius 2 is 1.84 bits per heavy atom. The molecule has 0 amide bonds. The Bertz CT molecular complexity index is 631. The fraction of sp³-hybridized carbons (Fsp3) is 0.200. The largest absolute Gasteiger partial charge is 0.467 e. The summed E-state index contributed by atoms with van der Waals surface area (Å²) < 4.78 is 6.22. The van der Waals surface area contributed by atoms with Crippen molar-refractivity contribution >= 4 is 5.97 Å². The molecule has 2 aromatic rings. The number of hydrogen-bond acceptors (Lipinski definition) is 3. The molecule has 1 atom stereocenters. The van der Waals surface area contributed by atoms with E-state index in [1.807, 2.05) is 25.1 Å². The second-order valence-corrected chi connectivity index (χ2v) is 4.29. The molecule has 4 nitrogen and oxygen atoms in total. The second kappa shape index (κ2) is 5.52. The number of benzene rings is 1. The first-order chi connectivity index (χ1) is 9.13. The highest BCUT2D eigenvalue weighted by Gasteiger charge is 2.23. The molecule has 1 aromatic heterocycles. The maximum Gasteiger partial charge on any atom is 0.333 e. The molecule has 0 fully saturated rings. The van der Waals surface area contributed by atoms with Crippen molar-refractivity contribution in [2.24, 2.45) is 0 Å². The number of hydrogen-bond donors (Lipinski definition) is 0. The molecular formula is C15H15NO3. The van der Waals surface area contributed by atoms with Gasteiger partial charge >= 0.3 is 5.97 Å². The van der Waals surface area contributed by atoms with Crippen LogP contribution in [0.25, 0.3) is 0 Å². The zero-order valence-corrected chi connectivity index (χ0v) is 10.9. The number of nitrogens with zero attached hydrogens (tertiary/aromatic N) is 1. The van der Waals surface area contributed by atoms with E-state index in [1.165, 1.54) is 17.7 Å². The smallest absolute Gasteiger partial charge is 0.333 e. The minimum atomic E-state index is -0.751. The average Bonchev–Trinajstić information content (AvgIpc) is 2.44. The third-order valence-electron chi connectivity index (χ3n) is 2.90. The van der Waals surface area contributed by atoms with Gasteiger partial charge in [-0.3, -0.25) is 9.36 Å². The molecule has 0 saturated heterocycles. The van der Waals surface area contributed by atoms with Gasteiger partial charge in [0.1, 0.15) is 0 Å². The predicted octanol–water partition coefficient (Wildman–Crippen LogP) is 1.92. The summed E-state index contributed by atoms with van der Waals surface area (Å²) in [6, 6.07) is 11.5. The molecule has 0 N–H and O–H groups in total. The van der Waals surface area contributed by atoms with Crippen LogP contribution in [0, 0.1) is 6.92 Å². The fourth-order valence-electron chi connectivity index (χ4n) is 1.97. The van der Waals surface area contributed by atoms with Gasteiger partial charge in [0.15, 0.2) is 6.04 Å². The van der Waals surface area contributed by atoms with Crippen molar-refractivity contribution in [1.29, 1.82) is 0 Å². The van der Waals surface area contributed by atoms with Gasteiger partial charge in [-0.05, 0) is 18.1 Å². The molecule has 4 heteroatoms. The Morgan fingerprint density at radius 3 is 2.47 bits per heavy atom. The van der Waals surface area contributed by atoms with Crippen LogP contribution < -0.4 is 5.56 Å². The van der Waals surface area contributed by atoms with Crippen molar-refractivity contribution in [2.75, 3.05) is 7.11 Å². The van der Waals surface area contributed by atoms with Crippen LogP contribution in [0.3, 0.4) is 0 Å². The molecule has 0 saturated carbocycles. The van der Waals surface area contributed by atoms with Crippen LogP contribution in [0.15, 0.2) is 53.5 Å². The Labute approximate surface area is 111 Å². The van der Waals surface area contributed by atoms with Crippen molar-refractivity contribution < 1.29 is 9.53 Å². The Morgan fingerprint density at radius 1 is 1.16 bits per heavy atom. The third kappa shape index (κ3) is 2.73. The van der Waals surface area contributed by atoms with E-state index >= 15 is 0 Å². The Hall–Kier alpha value is -2.36. The van der Waals surface area contributed by atoms with Gasteiger partial charge in [0.05, 0.1) is 7.11 Å². The van der Waals surface area contributed by atoms with Gasteiger partial charge in [-0.15, -0.1) is 0 Å². The number of methoxy groups -OCH3 is 1. The fourth-order valence-corrected chi connectivity index (χ4v) is 1.97. The molecule has 19 heavy (non-hydrogen) atoms. The van der Waals surface area contributed by atoms with Crippen molar-refractivity contribution in [1.82, 2.24) is 4.57 Å². The van der Waals surface area contributed by atoms with Crippen molar-refractivity contribution in [3.8, 4) is 0 Å². The van der Waals surface area contributed by atoms with Crippen molar-refractivity contribution in [3.05, 3.63) is 70.1 Å². The quantitative estimate of drug-likeness (QED) is 0.789. The lowest BCUT2D eigenvalue weighted by molar-refractivity contribution is -0.143. The Kier molecular flexibility index (Phi) is 3.80. The monoisotopic (exact) mass is 257 g/mol. The lowest BCUT2D eigenvalue weighted by atomic mass is 10.1. The predicted molar refractivity (Wildman–Crippen MR) is 72.0 cm³/mol. The minimum Gasteiger partial charge on any atom is -0.467 e. The van der Waals surface area contributed by atoms with Gasteiger partial charge in [0.2, 0.25) is 0 Å². The van der Waals surface area contributed by atoms with Gasteiger partial charge in [-0.25, -0.2) is 4.79 Å². The van der Waals surface area contributed by atoms with E-state index in [4.69, 9.17) is 4.74 Å². The number of ether oxygens (including phenoxy) is 1. The van der Waals surface area contributed by atoms with Crippen molar-refractivity contribution in [3.63, 3.8) is 0 Å². The molecule has 98 valence electrons. The van der Waals surface area contributed by atoms with Gasteiger partial charge in [-0.1, -0.05) is 36.4 Å². The maximum absolute atomic E-state index is 12.0. The molecule has 0 aliphatic carbocycles. The van der Waals surface area contributed by atoms with Gasteiger partial charge in [0.25, 0.3) is 5.56 Å². The second-order valence-electron chi connectivity index (χ2n) is 4.29. The molecule has 1 unspecified atom stereocenters. The van der Waals surface area contributed by atoms with Crippen LogP contribution in [0.1, 0.15) is 17.2 Å². The van der Waals surface area contributed by atoms with E-state index in [1.54, 1.807) is 24.4 Å². The van der Waals surface area contributed by atoms with Crippen LogP contribution >= 0.6 is 0 Å². The van der Waals surface area contributed by atoms with Crippen LogP contribution in [0.2, 0.25) is 0 Å². The van der Waals surface area contributed by atoms with Gasteiger partial charge < -0.3 is 4.74 Å². The summed E-state index contributed by atoms with van der Waals surface area (Å²) in [5, 5.41) is 0. The van der Waals surface area contributed by atoms with Crippen LogP contribution in [0.5, 0.6) is 0 Å². The number of aryl methyl sites for hydroxylation is 1. The zero-order valence-electron chi connectivity index (χ0n) is 10.9. The molecule has 1 aromatic carbocycles. The van der Waals surface area contributed by atoms with Crippen LogP contribution in [-0.2, 0) is 9.53 Å². The van der Waals surface area contributed by atoms with E-state index in [0.29, 0.717) is 0 Å². The first-order valence-electron chi connectivity index (χ1n) is 5.95. The maximum atomic E-state index is 12.0. The summed E-state index contributed by atoms with van der Waals surface area (Å²) in [5.41, 5.74) is 1.40. The summed E-state index contributed by atoms with van der Waals surface area (Å²) >= 11 is 0. The number of carbonyl (C=O) groups excluding carboxylic acids is 1. The first-order valence-corrected chi connectivity index (χ1v) is 5.95. The minimum absolute atomic E-state index is 0.232. The molecule has 0 bridgehead atoms. The van der Waals surface area contributed by atoms with Crippen molar-refractivity contribution in [2.45, 2.75) is 13.0 Å². The third-order valence-corrected chi connectivity index (χ3v) is 2.90. The number of pyridine rings is 1. The zero-order chi connectivity index (χ0) is 13.8. The van der Waals surface area contributed by atoms with E-state index in [0.717, 1.165) is 11.1 Å². The van der Waals surface area contributed by atoms with E-state index in [9.17, 15) is 9.59 Å². The first kappa shape index (κ1) is 13.1. The molecule has 0 aliphatic heterocycles. The lowest BCUT2D eigenvalue weighted by Crippen LogP contribution is -2.30. The molecule has 0 spiro atoms. The molecule has 0 aliphatic rings. The van der Waals surface area contributed by atoms with Gasteiger partial charge in [0, 0.05) is 12.3 Å².